The second-order valence-corrected chi connectivity index (χ2v) is 9.70. The van der Waals surface area contributed by atoms with Crippen molar-refractivity contribution >= 4 is 28.3 Å². The summed E-state index contributed by atoms with van der Waals surface area (Å²) in [6.45, 7) is 7.67. The fraction of sp³-hybridized carbons (Fsp3) is 0.565. The van der Waals surface area contributed by atoms with Crippen molar-refractivity contribution < 1.29 is 9.59 Å². The van der Waals surface area contributed by atoms with Gasteiger partial charge in [0, 0.05) is 67.7 Å². The number of rotatable bonds is 6. The van der Waals surface area contributed by atoms with Crippen molar-refractivity contribution in [2.75, 3.05) is 37.6 Å². The van der Waals surface area contributed by atoms with Gasteiger partial charge in [0.2, 0.25) is 11.8 Å². The summed E-state index contributed by atoms with van der Waals surface area (Å²) in [7, 11) is 0. The van der Waals surface area contributed by atoms with Crippen molar-refractivity contribution in [1.82, 2.24) is 20.2 Å². The van der Waals surface area contributed by atoms with Crippen LogP contribution in [0.25, 0.3) is 0 Å². The molecule has 4 rings (SSSR count). The van der Waals surface area contributed by atoms with Crippen molar-refractivity contribution in [3.05, 3.63) is 40.7 Å². The van der Waals surface area contributed by atoms with Crippen LogP contribution in [0.4, 0.5) is 5.13 Å². The highest BCUT2D eigenvalue weighted by atomic mass is 32.1. The van der Waals surface area contributed by atoms with Gasteiger partial charge in [-0.2, -0.15) is 0 Å². The van der Waals surface area contributed by atoms with E-state index in [9.17, 15) is 9.59 Å². The Kier molecular flexibility index (Phi) is 6.85. The number of amides is 2. The number of thiazole rings is 1. The zero-order valence-corrected chi connectivity index (χ0v) is 19.2. The minimum atomic E-state index is 0.0186. The second kappa shape index (κ2) is 9.77. The normalized spacial score (nSPS) is 18.7. The minimum absolute atomic E-state index is 0.0186. The molecule has 1 saturated heterocycles. The lowest BCUT2D eigenvalue weighted by atomic mass is 9.90. The van der Waals surface area contributed by atoms with Gasteiger partial charge in [-0.05, 0) is 31.4 Å². The van der Waals surface area contributed by atoms with Crippen LogP contribution in [0.1, 0.15) is 36.5 Å². The highest BCUT2D eigenvalue weighted by Gasteiger charge is 2.30. The third-order valence-electron chi connectivity index (χ3n) is 6.06. The van der Waals surface area contributed by atoms with E-state index < -0.39 is 0 Å². The number of anilines is 1. The van der Waals surface area contributed by atoms with Crippen molar-refractivity contribution in [2.24, 2.45) is 11.8 Å². The second-order valence-electron chi connectivity index (χ2n) is 8.64. The molecule has 0 radical (unpaired) electrons. The Hall–Kier alpha value is -2.48. The number of fused-ring (bicyclic) bond motifs is 1. The fourth-order valence-corrected chi connectivity index (χ4v) is 5.45. The standard InChI is InChI=1S/C23H31N5O2S/c1-16(2)22(30)27-11-13-28(14-12-27)23-26-19-7-6-17(15-20(19)31-23)21(29)25-10-8-18-5-3-4-9-24-18/h3-5,9,16-17H,6-8,10-15H2,1-2H3,(H,25,29)/t17-/m1/s1. The Balaban J connectivity index is 1.28. The number of piperazine rings is 1. The van der Waals surface area contributed by atoms with Gasteiger partial charge in [0.15, 0.2) is 5.13 Å². The number of carbonyl (C=O) groups is 2. The van der Waals surface area contributed by atoms with Gasteiger partial charge < -0.3 is 15.1 Å². The summed E-state index contributed by atoms with van der Waals surface area (Å²) in [5.41, 5.74) is 2.15. The SMILES string of the molecule is CC(C)C(=O)N1CCN(c2nc3c(s2)C[C@H](C(=O)NCCc2ccccn2)CC3)CC1. The fourth-order valence-electron chi connectivity index (χ4n) is 4.21. The predicted molar refractivity (Wildman–Crippen MR) is 122 cm³/mol. The molecule has 1 aliphatic carbocycles. The average Bonchev–Trinajstić information content (AvgIpc) is 3.22. The van der Waals surface area contributed by atoms with E-state index >= 15 is 0 Å². The molecule has 1 aliphatic heterocycles. The zero-order valence-electron chi connectivity index (χ0n) is 18.3. The van der Waals surface area contributed by atoms with E-state index in [1.807, 2.05) is 36.9 Å². The first kappa shape index (κ1) is 21.7. The van der Waals surface area contributed by atoms with Crippen molar-refractivity contribution in [3.63, 3.8) is 0 Å². The molecule has 7 nitrogen and oxygen atoms in total. The summed E-state index contributed by atoms with van der Waals surface area (Å²) < 4.78 is 0. The lowest BCUT2D eigenvalue weighted by Gasteiger charge is -2.35. The molecule has 2 aliphatic rings. The van der Waals surface area contributed by atoms with E-state index in [4.69, 9.17) is 4.98 Å². The van der Waals surface area contributed by atoms with E-state index in [0.717, 1.165) is 68.4 Å². The maximum absolute atomic E-state index is 12.7. The molecule has 0 spiro atoms. The topological polar surface area (TPSA) is 78.4 Å². The molecule has 8 heteroatoms. The van der Waals surface area contributed by atoms with E-state index in [2.05, 4.69) is 15.2 Å². The molecule has 166 valence electrons. The van der Waals surface area contributed by atoms with Gasteiger partial charge in [0.1, 0.15) is 0 Å². The van der Waals surface area contributed by atoms with Gasteiger partial charge in [-0.15, -0.1) is 11.3 Å². The monoisotopic (exact) mass is 441 g/mol. The number of hydrogen-bond acceptors (Lipinski definition) is 6. The van der Waals surface area contributed by atoms with Crippen LogP contribution in [0, 0.1) is 11.8 Å². The number of hydrogen-bond donors (Lipinski definition) is 1. The number of nitrogens with zero attached hydrogens (tertiary/aromatic N) is 4. The molecule has 3 heterocycles. The number of aromatic nitrogens is 2. The van der Waals surface area contributed by atoms with Crippen molar-refractivity contribution in [3.8, 4) is 0 Å². The summed E-state index contributed by atoms with van der Waals surface area (Å²) in [6.07, 6.45) is 5.01. The van der Waals surface area contributed by atoms with E-state index in [1.165, 1.54) is 4.88 Å². The molecule has 0 bridgehead atoms. The molecule has 2 aromatic rings. The predicted octanol–water partition coefficient (Wildman–Crippen LogP) is 2.31. The number of pyridine rings is 1. The van der Waals surface area contributed by atoms with Crippen LogP contribution in [-0.4, -0.2) is 59.4 Å². The van der Waals surface area contributed by atoms with Crippen molar-refractivity contribution in [2.45, 2.75) is 39.5 Å². The molecule has 0 aromatic carbocycles. The summed E-state index contributed by atoms with van der Waals surface area (Å²) >= 11 is 1.72. The van der Waals surface area contributed by atoms with Gasteiger partial charge >= 0.3 is 0 Å². The smallest absolute Gasteiger partial charge is 0.225 e. The van der Waals surface area contributed by atoms with Gasteiger partial charge in [-0.1, -0.05) is 19.9 Å². The summed E-state index contributed by atoms with van der Waals surface area (Å²) in [4.78, 5) is 39.5. The molecule has 31 heavy (non-hydrogen) atoms. The molecule has 0 saturated carbocycles. The Labute approximate surface area is 187 Å². The molecule has 2 aromatic heterocycles. The third kappa shape index (κ3) is 5.23. The lowest BCUT2D eigenvalue weighted by Crippen LogP contribution is -2.49. The maximum Gasteiger partial charge on any atom is 0.225 e. The lowest BCUT2D eigenvalue weighted by molar-refractivity contribution is -0.134. The van der Waals surface area contributed by atoms with E-state index in [-0.39, 0.29) is 23.7 Å². The van der Waals surface area contributed by atoms with E-state index in [0.29, 0.717) is 6.54 Å². The third-order valence-corrected chi connectivity index (χ3v) is 7.24. The maximum atomic E-state index is 12.7. The Morgan fingerprint density at radius 3 is 2.74 bits per heavy atom. The van der Waals surface area contributed by atoms with Crippen LogP contribution in [0.3, 0.4) is 0 Å². The summed E-state index contributed by atoms with van der Waals surface area (Å²) in [6, 6.07) is 5.85. The van der Waals surface area contributed by atoms with Gasteiger partial charge in [-0.3, -0.25) is 14.6 Å². The molecule has 1 fully saturated rings. The Bertz CT molecular complexity index is 906. The number of aryl methyl sites for hydroxylation is 1. The molecular formula is C23H31N5O2S. The molecule has 2 amide bonds. The van der Waals surface area contributed by atoms with Gasteiger partial charge in [0.25, 0.3) is 0 Å². The first-order chi connectivity index (χ1) is 15.0. The minimum Gasteiger partial charge on any atom is -0.355 e. The van der Waals surface area contributed by atoms with Crippen LogP contribution in [0.5, 0.6) is 0 Å². The molecule has 1 N–H and O–H groups in total. The Morgan fingerprint density at radius 1 is 1.23 bits per heavy atom. The largest absolute Gasteiger partial charge is 0.355 e. The first-order valence-corrected chi connectivity index (χ1v) is 12.0. The van der Waals surface area contributed by atoms with Gasteiger partial charge in [-0.25, -0.2) is 4.98 Å². The average molecular weight is 442 g/mol. The number of nitrogens with one attached hydrogen (secondary N) is 1. The Morgan fingerprint density at radius 2 is 2.03 bits per heavy atom. The zero-order chi connectivity index (χ0) is 21.8. The van der Waals surface area contributed by atoms with E-state index in [1.54, 1.807) is 17.5 Å². The van der Waals surface area contributed by atoms with Crippen LogP contribution < -0.4 is 10.2 Å². The van der Waals surface area contributed by atoms with Gasteiger partial charge in [0.05, 0.1) is 5.69 Å². The van der Waals surface area contributed by atoms with Crippen LogP contribution in [0.15, 0.2) is 24.4 Å². The molecular weight excluding hydrogens is 410 g/mol. The summed E-state index contributed by atoms with van der Waals surface area (Å²) in [5, 5.41) is 4.12. The van der Waals surface area contributed by atoms with Crippen molar-refractivity contribution in [1.29, 1.82) is 0 Å². The highest BCUT2D eigenvalue weighted by Crippen LogP contribution is 2.34. The van der Waals surface area contributed by atoms with Crippen LogP contribution in [-0.2, 0) is 28.9 Å². The quantitative estimate of drug-likeness (QED) is 0.744. The van der Waals surface area contributed by atoms with Crippen LogP contribution >= 0.6 is 11.3 Å². The summed E-state index contributed by atoms with van der Waals surface area (Å²) in [5.74, 6) is 0.433. The van der Waals surface area contributed by atoms with Crippen LogP contribution in [0.2, 0.25) is 0 Å². The first-order valence-electron chi connectivity index (χ1n) is 11.2. The highest BCUT2D eigenvalue weighted by molar-refractivity contribution is 7.15. The number of carbonyl (C=O) groups excluding carboxylic acids is 2. The molecule has 1 atom stereocenters. The molecule has 0 unspecified atom stereocenters.